The van der Waals surface area contributed by atoms with E-state index in [1.54, 1.807) is 14.1 Å². The molecule has 0 aliphatic heterocycles. The van der Waals surface area contributed by atoms with Gasteiger partial charge in [-0.15, -0.1) is 0 Å². The number of aromatic nitrogens is 1. The topological polar surface area (TPSA) is 74.6 Å². The first-order valence-corrected chi connectivity index (χ1v) is 8.69. The van der Waals surface area contributed by atoms with Crippen molar-refractivity contribution in [1.29, 1.82) is 0 Å². The molecule has 2 amide bonds. The Bertz CT molecular complexity index is 844. The molecule has 0 fully saturated rings. The van der Waals surface area contributed by atoms with Crippen molar-refractivity contribution in [3.8, 4) is 0 Å². The highest BCUT2D eigenvalue weighted by molar-refractivity contribution is 5.94. The summed E-state index contributed by atoms with van der Waals surface area (Å²) in [6.45, 7) is 0.529. The maximum Gasteiger partial charge on any atom is 0.253 e. The van der Waals surface area contributed by atoms with Crippen molar-refractivity contribution >= 4 is 11.8 Å². The molecule has 0 radical (unpaired) electrons. The van der Waals surface area contributed by atoms with Gasteiger partial charge >= 0.3 is 0 Å². The second-order valence-electron chi connectivity index (χ2n) is 6.87. The average molecular weight is 370 g/mol. The van der Waals surface area contributed by atoms with Crippen LogP contribution in [0, 0.1) is 0 Å². The summed E-state index contributed by atoms with van der Waals surface area (Å²) in [4.78, 5) is 40.0. The van der Waals surface area contributed by atoms with Crippen LogP contribution in [0.3, 0.4) is 0 Å². The number of carbonyl (C=O) groups is 2. The molecule has 0 aliphatic rings. The highest BCUT2D eigenvalue weighted by atomic mass is 16.2. The summed E-state index contributed by atoms with van der Waals surface area (Å²) in [5.74, 6) is -0.513. The average Bonchev–Trinajstić information content (AvgIpc) is 2.63. The van der Waals surface area contributed by atoms with Crippen LogP contribution in [-0.2, 0) is 11.3 Å². The Balaban J connectivity index is 2.22. The van der Waals surface area contributed by atoms with E-state index in [9.17, 15) is 14.4 Å². The van der Waals surface area contributed by atoms with Gasteiger partial charge in [0, 0.05) is 32.9 Å². The molecule has 2 rings (SSSR count). The third-order valence-electron chi connectivity index (χ3n) is 4.11. The van der Waals surface area contributed by atoms with Crippen LogP contribution in [0.15, 0.2) is 53.5 Å². The zero-order chi connectivity index (χ0) is 20.0. The van der Waals surface area contributed by atoms with Gasteiger partial charge in [0.05, 0.1) is 11.6 Å². The van der Waals surface area contributed by atoms with E-state index < -0.39 is 0 Å². The molecule has 1 atom stereocenters. The Morgan fingerprint density at radius 3 is 2.30 bits per heavy atom. The van der Waals surface area contributed by atoms with Crippen molar-refractivity contribution in [3.05, 3.63) is 70.1 Å². The third kappa shape index (κ3) is 5.79. The lowest BCUT2D eigenvalue weighted by Gasteiger charge is -2.23. The van der Waals surface area contributed by atoms with Gasteiger partial charge in [-0.1, -0.05) is 30.3 Å². The van der Waals surface area contributed by atoms with Gasteiger partial charge in [0.1, 0.15) is 6.54 Å². The summed E-state index contributed by atoms with van der Waals surface area (Å²) in [5, 5.41) is 3.01. The van der Waals surface area contributed by atoms with E-state index in [0.29, 0.717) is 12.1 Å². The largest absolute Gasteiger partial charge is 0.347 e. The molecule has 7 heteroatoms. The minimum Gasteiger partial charge on any atom is -0.347 e. The first kappa shape index (κ1) is 20.4. The lowest BCUT2D eigenvalue weighted by atomic mass is 10.1. The molecule has 2 aromatic rings. The molecule has 144 valence electrons. The van der Waals surface area contributed by atoms with Gasteiger partial charge in [-0.05, 0) is 25.7 Å². The van der Waals surface area contributed by atoms with Gasteiger partial charge in [0.15, 0.2) is 0 Å². The fourth-order valence-electron chi connectivity index (χ4n) is 2.60. The monoisotopic (exact) mass is 370 g/mol. The van der Waals surface area contributed by atoms with Crippen molar-refractivity contribution < 1.29 is 9.59 Å². The van der Waals surface area contributed by atoms with Gasteiger partial charge in [-0.25, -0.2) is 0 Å². The molecule has 7 nitrogen and oxygen atoms in total. The Labute approximate surface area is 159 Å². The SMILES string of the molecule is CN(C)C[C@H](NC(=O)c1ccc(=O)n(CC(=O)N(C)C)c1)c1ccccc1. The first-order valence-electron chi connectivity index (χ1n) is 8.69. The van der Waals surface area contributed by atoms with Crippen LogP contribution in [0.1, 0.15) is 22.0 Å². The summed E-state index contributed by atoms with van der Waals surface area (Å²) in [5.41, 5.74) is 1.01. The maximum atomic E-state index is 12.8. The van der Waals surface area contributed by atoms with E-state index in [-0.39, 0.29) is 30.0 Å². The van der Waals surface area contributed by atoms with Gasteiger partial charge in [-0.2, -0.15) is 0 Å². The Hall–Kier alpha value is -2.93. The number of likely N-dealkylation sites (N-methyl/N-ethyl adjacent to an activating group) is 2. The summed E-state index contributed by atoms with van der Waals surface area (Å²) < 4.78 is 1.25. The standard InChI is InChI=1S/C20H26N4O3/c1-22(2)13-17(15-8-6-5-7-9-15)21-20(27)16-10-11-18(25)24(12-16)14-19(26)23(3)4/h5-12,17H,13-14H2,1-4H3,(H,21,27)/t17-/m0/s1. The van der Waals surface area contributed by atoms with Gasteiger partial charge in [0.2, 0.25) is 5.91 Å². The number of rotatable bonds is 7. The highest BCUT2D eigenvalue weighted by Gasteiger charge is 2.17. The van der Waals surface area contributed by atoms with Gasteiger partial charge in [-0.3, -0.25) is 14.4 Å². The fourth-order valence-corrected chi connectivity index (χ4v) is 2.60. The molecular formula is C20H26N4O3. The second kappa shape index (κ2) is 9.14. The Kier molecular flexibility index (Phi) is 6.90. The molecule has 0 saturated carbocycles. The van der Waals surface area contributed by atoms with Gasteiger partial charge < -0.3 is 19.7 Å². The molecule has 1 aromatic heterocycles. The van der Waals surface area contributed by atoms with E-state index in [0.717, 1.165) is 5.56 Å². The number of carbonyl (C=O) groups excluding carboxylic acids is 2. The van der Waals surface area contributed by atoms with Crippen LogP contribution < -0.4 is 10.9 Å². The van der Waals surface area contributed by atoms with Crippen molar-refractivity contribution in [2.75, 3.05) is 34.7 Å². The molecule has 0 spiro atoms. The van der Waals surface area contributed by atoms with Crippen LogP contribution in [0.5, 0.6) is 0 Å². The summed E-state index contributed by atoms with van der Waals surface area (Å²) in [6, 6.07) is 12.3. The predicted molar refractivity (Wildman–Crippen MR) is 105 cm³/mol. The van der Waals surface area contributed by atoms with E-state index in [1.165, 1.54) is 27.8 Å². The zero-order valence-electron chi connectivity index (χ0n) is 16.2. The van der Waals surface area contributed by atoms with Crippen LogP contribution in [0.25, 0.3) is 0 Å². The van der Waals surface area contributed by atoms with Crippen molar-refractivity contribution in [3.63, 3.8) is 0 Å². The number of nitrogens with zero attached hydrogens (tertiary/aromatic N) is 3. The van der Waals surface area contributed by atoms with Crippen molar-refractivity contribution in [2.45, 2.75) is 12.6 Å². The lowest BCUT2D eigenvalue weighted by molar-refractivity contribution is -0.129. The third-order valence-corrected chi connectivity index (χ3v) is 4.11. The molecule has 0 saturated heterocycles. The number of nitrogens with one attached hydrogen (secondary N) is 1. The van der Waals surface area contributed by atoms with E-state index in [2.05, 4.69) is 5.32 Å². The predicted octanol–water partition coefficient (Wildman–Crippen LogP) is 0.969. The quantitative estimate of drug-likeness (QED) is 0.788. The summed E-state index contributed by atoms with van der Waals surface area (Å²) >= 11 is 0. The molecular weight excluding hydrogens is 344 g/mol. The number of amides is 2. The van der Waals surface area contributed by atoms with Crippen LogP contribution in [0.4, 0.5) is 0 Å². The number of pyridine rings is 1. The van der Waals surface area contributed by atoms with Gasteiger partial charge in [0.25, 0.3) is 11.5 Å². The Morgan fingerprint density at radius 1 is 1.04 bits per heavy atom. The maximum absolute atomic E-state index is 12.8. The molecule has 1 aromatic carbocycles. The smallest absolute Gasteiger partial charge is 0.253 e. The van der Waals surface area contributed by atoms with Crippen molar-refractivity contribution in [2.24, 2.45) is 0 Å². The second-order valence-corrected chi connectivity index (χ2v) is 6.87. The first-order chi connectivity index (χ1) is 12.8. The summed E-state index contributed by atoms with van der Waals surface area (Å²) in [6.07, 6.45) is 1.43. The lowest BCUT2D eigenvalue weighted by Crippen LogP contribution is -2.36. The fraction of sp³-hybridized carbons (Fsp3) is 0.350. The van der Waals surface area contributed by atoms with Crippen LogP contribution in [-0.4, -0.2) is 60.9 Å². The summed E-state index contributed by atoms with van der Waals surface area (Å²) in [7, 11) is 7.12. The highest BCUT2D eigenvalue weighted by Crippen LogP contribution is 2.14. The number of hydrogen-bond acceptors (Lipinski definition) is 4. The van der Waals surface area contributed by atoms with Crippen LogP contribution >= 0.6 is 0 Å². The molecule has 0 aliphatic carbocycles. The minimum absolute atomic E-state index is 0.104. The molecule has 0 unspecified atom stereocenters. The molecule has 27 heavy (non-hydrogen) atoms. The van der Waals surface area contributed by atoms with E-state index in [4.69, 9.17) is 0 Å². The van der Waals surface area contributed by atoms with Crippen LogP contribution in [0.2, 0.25) is 0 Å². The van der Waals surface area contributed by atoms with E-state index >= 15 is 0 Å². The zero-order valence-corrected chi connectivity index (χ0v) is 16.2. The normalized spacial score (nSPS) is 11.9. The minimum atomic E-state index is -0.324. The Morgan fingerprint density at radius 2 is 1.70 bits per heavy atom. The molecule has 1 heterocycles. The van der Waals surface area contributed by atoms with E-state index in [1.807, 2.05) is 49.3 Å². The number of benzene rings is 1. The van der Waals surface area contributed by atoms with Crippen molar-refractivity contribution in [1.82, 2.24) is 19.7 Å². The molecule has 0 bridgehead atoms. The molecule has 1 N–H and O–H groups in total. The number of hydrogen-bond donors (Lipinski definition) is 1.